The summed E-state index contributed by atoms with van der Waals surface area (Å²) in [7, 11) is 0. The molecule has 2 heteroatoms. The zero-order valence-electron chi connectivity index (χ0n) is 12.3. The lowest BCUT2D eigenvalue weighted by atomic mass is 9.87. The average Bonchev–Trinajstić information content (AvgIpc) is 2.84. The Hall–Kier alpha value is -1.96. The summed E-state index contributed by atoms with van der Waals surface area (Å²) in [5.74, 6) is 1.67. The highest BCUT2D eigenvalue weighted by atomic mass is 16.7. The highest BCUT2D eigenvalue weighted by Gasteiger charge is 2.15. The van der Waals surface area contributed by atoms with Crippen molar-refractivity contribution in [2.24, 2.45) is 5.41 Å². The maximum absolute atomic E-state index is 5.45. The van der Waals surface area contributed by atoms with Gasteiger partial charge in [0, 0.05) is 0 Å². The van der Waals surface area contributed by atoms with Gasteiger partial charge in [0.2, 0.25) is 6.79 Å². The summed E-state index contributed by atoms with van der Waals surface area (Å²) in [5, 5.41) is 0. The summed E-state index contributed by atoms with van der Waals surface area (Å²) in [6.07, 6.45) is 1.07. The molecule has 2 aromatic carbocycles. The van der Waals surface area contributed by atoms with E-state index in [4.69, 9.17) is 9.47 Å². The third kappa shape index (κ3) is 2.79. The lowest BCUT2D eigenvalue weighted by molar-refractivity contribution is 0.174. The van der Waals surface area contributed by atoms with Crippen LogP contribution in [0.15, 0.2) is 42.5 Å². The van der Waals surface area contributed by atoms with Crippen LogP contribution in [-0.4, -0.2) is 6.79 Å². The molecule has 1 aliphatic rings. The van der Waals surface area contributed by atoms with Crippen molar-refractivity contribution in [3.63, 3.8) is 0 Å². The fourth-order valence-electron chi connectivity index (χ4n) is 2.55. The van der Waals surface area contributed by atoms with Crippen molar-refractivity contribution < 1.29 is 9.47 Å². The second-order valence-electron chi connectivity index (χ2n) is 6.51. The highest BCUT2D eigenvalue weighted by molar-refractivity contribution is 5.68. The van der Waals surface area contributed by atoms with E-state index < -0.39 is 0 Å². The zero-order chi connectivity index (χ0) is 14.2. The van der Waals surface area contributed by atoms with Crippen LogP contribution in [0.1, 0.15) is 26.3 Å². The van der Waals surface area contributed by atoms with Gasteiger partial charge in [-0.1, -0.05) is 51.1 Å². The van der Waals surface area contributed by atoms with Crippen LogP contribution < -0.4 is 9.47 Å². The molecule has 0 aromatic heterocycles. The number of benzene rings is 2. The number of ether oxygens (including phenoxy) is 2. The molecule has 0 amide bonds. The molecule has 1 aliphatic heterocycles. The third-order valence-corrected chi connectivity index (χ3v) is 3.37. The number of hydrogen-bond acceptors (Lipinski definition) is 2. The zero-order valence-corrected chi connectivity index (χ0v) is 12.3. The molecule has 0 spiro atoms. The van der Waals surface area contributed by atoms with Gasteiger partial charge in [-0.25, -0.2) is 0 Å². The van der Waals surface area contributed by atoms with Crippen LogP contribution in [-0.2, 0) is 6.42 Å². The van der Waals surface area contributed by atoms with E-state index in [-0.39, 0.29) is 0 Å². The minimum absolute atomic E-state index is 0.299. The summed E-state index contributed by atoms with van der Waals surface area (Å²) in [6, 6.07) is 14.9. The molecule has 0 N–H and O–H groups in total. The number of fused-ring (bicyclic) bond motifs is 1. The van der Waals surface area contributed by atoms with Gasteiger partial charge in [-0.05, 0) is 40.7 Å². The van der Waals surface area contributed by atoms with Crippen molar-refractivity contribution in [3.8, 4) is 22.6 Å². The number of hydrogen-bond donors (Lipinski definition) is 0. The lowest BCUT2D eigenvalue weighted by Crippen LogP contribution is -2.08. The summed E-state index contributed by atoms with van der Waals surface area (Å²) >= 11 is 0. The SMILES string of the molecule is CC(C)(C)Cc1cccc(-c2ccc3c(c2)OCO3)c1. The van der Waals surface area contributed by atoms with Crippen LogP contribution in [0.4, 0.5) is 0 Å². The molecule has 20 heavy (non-hydrogen) atoms. The Morgan fingerprint density at radius 3 is 2.45 bits per heavy atom. The van der Waals surface area contributed by atoms with E-state index in [1.54, 1.807) is 0 Å². The van der Waals surface area contributed by atoms with Crippen molar-refractivity contribution in [3.05, 3.63) is 48.0 Å². The van der Waals surface area contributed by atoms with Crippen LogP contribution in [0.3, 0.4) is 0 Å². The monoisotopic (exact) mass is 268 g/mol. The summed E-state index contributed by atoms with van der Waals surface area (Å²) < 4.78 is 10.8. The van der Waals surface area contributed by atoms with Gasteiger partial charge in [0.15, 0.2) is 11.5 Å². The van der Waals surface area contributed by atoms with E-state index in [1.165, 1.54) is 16.7 Å². The second-order valence-corrected chi connectivity index (χ2v) is 6.51. The van der Waals surface area contributed by atoms with E-state index in [9.17, 15) is 0 Å². The Balaban J connectivity index is 1.92. The van der Waals surface area contributed by atoms with Crippen LogP contribution >= 0.6 is 0 Å². The molecule has 0 saturated heterocycles. The predicted octanol–water partition coefficient (Wildman–Crippen LogP) is 4.67. The largest absolute Gasteiger partial charge is 0.454 e. The maximum atomic E-state index is 5.45. The number of rotatable bonds is 2. The fourth-order valence-corrected chi connectivity index (χ4v) is 2.55. The normalized spacial score (nSPS) is 13.6. The van der Waals surface area contributed by atoms with Gasteiger partial charge >= 0.3 is 0 Å². The van der Waals surface area contributed by atoms with Gasteiger partial charge in [-0.3, -0.25) is 0 Å². The highest BCUT2D eigenvalue weighted by Crippen LogP contribution is 2.36. The molecule has 0 saturated carbocycles. The summed E-state index contributed by atoms with van der Waals surface area (Å²) in [4.78, 5) is 0. The second kappa shape index (κ2) is 4.86. The summed E-state index contributed by atoms with van der Waals surface area (Å²) in [6.45, 7) is 7.11. The fraction of sp³-hybridized carbons (Fsp3) is 0.333. The van der Waals surface area contributed by atoms with E-state index in [1.807, 2.05) is 6.07 Å². The predicted molar refractivity (Wildman–Crippen MR) is 81.2 cm³/mol. The molecule has 2 aromatic rings. The molecule has 0 fully saturated rings. The molecule has 3 rings (SSSR count). The average molecular weight is 268 g/mol. The molecule has 104 valence electrons. The van der Waals surface area contributed by atoms with Crippen molar-refractivity contribution in [1.82, 2.24) is 0 Å². The van der Waals surface area contributed by atoms with Gasteiger partial charge < -0.3 is 9.47 Å². The van der Waals surface area contributed by atoms with Crippen molar-refractivity contribution in [2.75, 3.05) is 6.79 Å². The third-order valence-electron chi connectivity index (χ3n) is 3.37. The first-order valence-corrected chi connectivity index (χ1v) is 7.00. The van der Waals surface area contributed by atoms with Crippen molar-refractivity contribution in [1.29, 1.82) is 0 Å². The van der Waals surface area contributed by atoms with Crippen LogP contribution in [0.25, 0.3) is 11.1 Å². The Kier molecular flexibility index (Phi) is 3.17. The molecule has 0 atom stereocenters. The van der Waals surface area contributed by atoms with E-state index in [2.05, 4.69) is 57.2 Å². The summed E-state index contributed by atoms with van der Waals surface area (Å²) in [5.41, 5.74) is 4.07. The standard InChI is InChI=1S/C18H20O2/c1-18(2,3)11-13-5-4-6-14(9-13)15-7-8-16-17(10-15)20-12-19-16/h4-10H,11-12H2,1-3H3. The molecule has 1 heterocycles. The molecule has 0 aliphatic carbocycles. The Bertz CT molecular complexity index is 624. The first-order chi connectivity index (χ1) is 9.51. The minimum Gasteiger partial charge on any atom is -0.454 e. The Morgan fingerprint density at radius 1 is 0.900 bits per heavy atom. The van der Waals surface area contributed by atoms with Crippen LogP contribution in [0.5, 0.6) is 11.5 Å². The molecule has 2 nitrogen and oxygen atoms in total. The topological polar surface area (TPSA) is 18.5 Å². The molecular weight excluding hydrogens is 248 g/mol. The molecule has 0 radical (unpaired) electrons. The van der Waals surface area contributed by atoms with Crippen LogP contribution in [0, 0.1) is 5.41 Å². The Morgan fingerprint density at radius 2 is 1.65 bits per heavy atom. The quantitative estimate of drug-likeness (QED) is 0.788. The minimum atomic E-state index is 0.299. The molecule has 0 unspecified atom stereocenters. The Labute approximate surface area is 120 Å². The van der Waals surface area contributed by atoms with Gasteiger partial charge in [0.05, 0.1) is 0 Å². The lowest BCUT2D eigenvalue weighted by Gasteiger charge is -2.18. The first kappa shape index (κ1) is 13.0. The van der Waals surface area contributed by atoms with E-state index in [0.717, 1.165) is 17.9 Å². The van der Waals surface area contributed by atoms with Gasteiger partial charge in [-0.2, -0.15) is 0 Å². The molecule has 0 bridgehead atoms. The van der Waals surface area contributed by atoms with Gasteiger partial charge in [-0.15, -0.1) is 0 Å². The maximum Gasteiger partial charge on any atom is 0.231 e. The van der Waals surface area contributed by atoms with Crippen LogP contribution in [0.2, 0.25) is 0 Å². The smallest absolute Gasteiger partial charge is 0.231 e. The van der Waals surface area contributed by atoms with Crippen molar-refractivity contribution in [2.45, 2.75) is 27.2 Å². The van der Waals surface area contributed by atoms with Gasteiger partial charge in [0.25, 0.3) is 0 Å². The first-order valence-electron chi connectivity index (χ1n) is 7.00. The van der Waals surface area contributed by atoms with E-state index >= 15 is 0 Å². The molecular formula is C18H20O2. The van der Waals surface area contributed by atoms with Gasteiger partial charge in [0.1, 0.15) is 0 Å². The van der Waals surface area contributed by atoms with Crippen molar-refractivity contribution >= 4 is 0 Å². The van der Waals surface area contributed by atoms with E-state index in [0.29, 0.717) is 12.2 Å².